The van der Waals surface area contributed by atoms with E-state index in [-0.39, 0.29) is 18.4 Å². The van der Waals surface area contributed by atoms with Crippen LogP contribution in [-0.4, -0.2) is 53.4 Å². The fraction of sp³-hybridized carbons (Fsp3) is 0.318. The molecule has 0 saturated heterocycles. The Labute approximate surface area is 178 Å². The number of nitrogens with zero attached hydrogens (tertiary/aromatic N) is 3. The van der Waals surface area contributed by atoms with E-state index < -0.39 is 0 Å². The van der Waals surface area contributed by atoms with Gasteiger partial charge in [-0.05, 0) is 36.4 Å². The molecule has 0 saturated carbocycles. The summed E-state index contributed by atoms with van der Waals surface area (Å²) < 4.78 is 8.32. The summed E-state index contributed by atoms with van der Waals surface area (Å²) in [5.74, 6) is -0.508. The van der Waals surface area contributed by atoms with Gasteiger partial charge in [-0.2, -0.15) is 5.10 Å². The van der Waals surface area contributed by atoms with E-state index in [1.807, 2.05) is 59.3 Å². The van der Waals surface area contributed by atoms with Crippen molar-refractivity contribution in [3.05, 3.63) is 59.1 Å². The number of aromatic nitrogens is 1. The van der Waals surface area contributed by atoms with Gasteiger partial charge in [0.2, 0.25) is 5.91 Å². The molecule has 0 fully saturated rings. The zero-order valence-corrected chi connectivity index (χ0v) is 17.7. The monoisotopic (exact) mass is 424 g/mol. The Balaban J connectivity index is 1.59. The molecule has 8 heteroatoms. The molecule has 0 atom stereocenters. The van der Waals surface area contributed by atoms with Crippen molar-refractivity contribution in [3.63, 3.8) is 0 Å². The SMILES string of the molecule is CCOCCCNC(=O)CN1N=C(c2ccccc2)Cn2c(cc3sccc32)C1=O. The topological polar surface area (TPSA) is 75.9 Å². The highest BCUT2D eigenvalue weighted by Crippen LogP contribution is 2.28. The van der Waals surface area contributed by atoms with E-state index in [0.29, 0.717) is 32.0 Å². The molecule has 0 spiro atoms. The number of benzene rings is 1. The Morgan fingerprint density at radius 3 is 2.90 bits per heavy atom. The van der Waals surface area contributed by atoms with Crippen LogP contribution < -0.4 is 5.32 Å². The standard InChI is InChI=1S/C22H24N4O3S/c1-2-29-11-6-10-23-21(27)15-26-22(28)19-13-20-18(9-12-30-20)25(19)14-17(24-26)16-7-4-3-5-8-16/h3-5,7-9,12-13H,2,6,10-11,14-15H2,1H3,(H,23,27). The first-order chi connectivity index (χ1) is 14.7. The minimum atomic E-state index is -0.270. The lowest BCUT2D eigenvalue weighted by Crippen LogP contribution is -2.38. The lowest BCUT2D eigenvalue weighted by atomic mass is 10.1. The molecular weight excluding hydrogens is 400 g/mol. The number of ether oxygens (including phenoxy) is 1. The first-order valence-electron chi connectivity index (χ1n) is 10.0. The minimum absolute atomic E-state index is 0.122. The van der Waals surface area contributed by atoms with E-state index in [1.54, 1.807) is 11.3 Å². The first kappa shape index (κ1) is 20.3. The number of carbonyl (C=O) groups is 2. The van der Waals surface area contributed by atoms with Gasteiger partial charge in [0.15, 0.2) is 0 Å². The van der Waals surface area contributed by atoms with E-state index in [9.17, 15) is 9.59 Å². The van der Waals surface area contributed by atoms with Gasteiger partial charge >= 0.3 is 0 Å². The van der Waals surface area contributed by atoms with Gasteiger partial charge in [-0.15, -0.1) is 11.3 Å². The maximum absolute atomic E-state index is 13.2. The molecule has 0 aliphatic carbocycles. The number of fused-ring (bicyclic) bond motifs is 3. The quantitative estimate of drug-likeness (QED) is 0.565. The first-order valence-corrected chi connectivity index (χ1v) is 10.9. The average molecular weight is 425 g/mol. The number of hydrogen-bond acceptors (Lipinski definition) is 5. The highest BCUT2D eigenvalue weighted by atomic mass is 32.1. The van der Waals surface area contributed by atoms with Crippen LogP contribution in [0.25, 0.3) is 10.2 Å². The summed E-state index contributed by atoms with van der Waals surface area (Å²) in [6.45, 7) is 4.04. The van der Waals surface area contributed by atoms with Crippen LogP contribution in [0.4, 0.5) is 0 Å². The average Bonchev–Trinajstić information content (AvgIpc) is 3.31. The minimum Gasteiger partial charge on any atom is -0.382 e. The van der Waals surface area contributed by atoms with E-state index in [1.165, 1.54) is 5.01 Å². The van der Waals surface area contributed by atoms with Crippen LogP contribution in [0.3, 0.4) is 0 Å². The van der Waals surface area contributed by atoms with Crippen molar-refractivity contribution in [2.45, 2.75) is 19.9 Å². The molecule has 0 radical (unpaired) electrons. The molecule has 30 heavy (non-hydrogen) atoms. The molecule has 0 unspecified atom stereocenters. The van der Waals surface area contributed by atoms with E-state index in [0.717, 1.165) is 27.9 Å². The van der Waals surface area contributed by atoms with E-state index in [2.05, 4.69) is 10.4 Å². The lowest BCUT2D eigenvalue weighted by Gasteiger charge is -2.16. The van der Waals surface area contributed by atoms with E-state index >= 15 is 0 Å². The van der Waals surface area contributed by atoms with Gasteiger partial charge in [-0.1, -0.05) is 30.3 Å². The number of hydrogen-bond donors (Lipinski definition) is 1. The van der Waals surface area contributed by atoms with Crippen LogP contribution in [-0.2, 0) is 16.1 Å². The summed E-state index contributed by atoms with van der Waals surface area (Å²) in [4.78, 5) is 25.7. The second kappa shape index (κ2) is 9.23. The van der Waals surface area contributed by atoms with Crippen molar-refractivity contribution in [3.8, 4) is 0 Å². The molecule has 156 valence electrons. The molecule has 7 nitrogen and oxygen atoms in total. The van der Waals surface area contributed by atoms with Gasteiger partial charge in [0.05, 0.1) is 22.5 Å². The Hall–Kier alpha value is -2.97. The number of nitrogens with one attached hydrogen (secondary N) is 1. The van der Waals surface area contributed by atoms with Gasteiger partial charge in [-0.25, -0.2) is 5.01 Å². The predicted molar refractivity (Wildman–Crippen MR) is 118 cm³/mol. The Bertz CT molecular complexity index is 1070. The Morgan fingerprint density at radius 2 is 2.10 bits per heavy atom. The smallest absolute Gasteiger partial charge is 0.291 e. The van der Waals surface area contributed by atoms with Crippen LogP contribution in [0.1, 0.15) is 29.4 Å². The third-order valence-corrected chi connectivity index (χ3v) is 5.77. The summed E-state index contributed by atoms with van der Waals surface area (Å²) in [6.07, 6.45) is 0.727. The van der Waals surface area contributed by atoms with Crippen LogP contribution in [0, 0.1) is 0 Å². The number of rotatable bonds is 8. The third kappa shape index (κ3) is 4.29. The largest absolute Gasteiger partial charge is 0.382 e. The molecule has 0 bridgehead atoms. The molecule has 1 N–H and O–H groups in total. The predicted octanol–water partition coefficient (Wildman–Crippen LogP) is 3.11. The van der Waals surface area contributed by atoms with Crippen LogP contribution in [0.2, 0.25) is 0 Å². The number of carbonyl (C=O) groups excluding carboxylic acids is 2. The van der Waals surface area contributed by atoms with Crippen molar-refractivity contribution in [1.82, 2.24) is 14.9 Å². The summed E-state index contributed by atoms with van der Waals surface area (Å²) in [6, 6.07) is 13.7. The second-order valence-electron chi connectivity index (χ2n) is 6.96. The molecule has 3 heterocycles. The van der Waals surface area contributed by atoms with Gasteiger partial charge in [0, 0.05) is 19.8 Å². The second-order valence-corrected chi connectivity index (χ2v) is 7.91. The molecule has 2 aromatic heterocycles. The molecule has 1 aromatic carbocycles. The third-order valence-electron chi connectivity index (χ3n) is 4.92. The van der Waals surface area contributed by atoms with Gasteiger partial charge in [0.25, 0.3) is 5.91 Å². The molecule has 1 aliphatic heterocycles. The van der Waals surface area contributed by atoms with Crippen LogP contribution >= 0.6 is 11.3 Å². The molecular formula is C22H24N4O3S. The van der Waals surface area contributed by atoms with E-state index in [4.69, 9.17) is 4.74 Å². The van der Waals surface area contributed by atoms with Gasteiger partial charge < -0.3 is 14.6 Å². The maximum Gasteiger partial charge on any atom is 0.291 e. The van der Waals surface area contributed by atoms with Crippen molar-refractivity contribution in [1.29, 1.82) is 0 Å². The highest BCUT2D eigenvalue weighted by Gasteiger charge is 2.28. The van der Waals surface area contributed by atoms with Gasteiger partial charge in [-0.3, -0.25) is 9.59 Å². The summed E-state index contributed by atoms with van der Waals surface area (Å²) >= 11 is 1.60. The van der Waals surface area contributed by atoms with Crippen molar-refractivity contribution in [2.75, 3.05) is 26.3 Å². The van der Waals surface area contributed by atoms with Crippen LogP contribution in [0.5, 0.6) is 0 Å². The number of amides is 2. The zero-order chi connectivity index (χ0) is 20.9. The maximum atomic E-state index is 13.2. The van der Waals surface area contributed by atoms with Gasteiger partial charge in [0.1, 0.15) is 12.2 Å². The van der Waals surface area contributed by atoms with Crippen LogP contribution in [0.15, 0.2) is 52.9 Å². The lowest BCUT2D eigenvalue weighted by molar-refractivity contribution is -0.121. The Kier molecular flexibility index (Phi) is 6.25. The fourth-order valence-electron chi connectivity index (χ4n) is 3.45. The highest BCUT2D eigenvalue weighted by molar-refractivity contribution is 7.17. The number of hydrazone groups is 1. The molecule has 2 amide bonds. The Morgan fingerprint density at radius 1 is 1.27 bits per heavy atom. The summed E-state index contributed by atoms with van der Waals surface area (Å²) in [7, 11) is 0. The zero-order valence-electron chi connectivity index (χ0n) is 16.8. The normalized spacial score (nSPS) is 13.8. The number of thiophene rings is 1. The molecule has 3 aromatic rings. The summed E-state index contributed by atoms with van der Waals surface area (Å²) in [5.41, 5.74) is 3.23. The fourth-order valence-corrected chi connectivity index (χ4v) is 4.28. The molecule has 1 aliphatic rings. The van der Waals surface area contributed by atoms with Crippen molar-refractivity contribution in [2.24, 2.45) is 5.10 Å². The van der Waals surface area contributed by atoms with Crippen molar-refractivity contribution >= 4 is 39.1 Å². The van der Waals surface area contributed by atoms with Crippen molar-refractivity contribution < 1.29 is 14.3 Å². The molecule has 4 rings (SSSR count). The summed E-state index contributed by atoms with van der Waals surface area (Å²) in [5, 5.41) is 10.7.